The molecule has 0 fully saturated rings. The average Bonchev–Trinajstić information content (AvgIpc) is 2.72. The highest BCUT2D eigenvalue weighted by Crippen LogP contribution is 2.15. The third-order valence-electron chi connectivity index (χ3n) is 3.81. The predicted molar refractivity (Wildman–Crippen MR) is 120 cm³/mol. The van der Waals surface area contributed by atoms with Crippen LogP contribution in [0.1, 0.15) is 36.2 Å². The fourth-order valence-electron chi connectivity index (χ4n) is 2.44. The van der Waals surface area contributed by atoms with Crippen molar-refractivity contribution in [2.75, 3.05) is 18.5 Å². The van der Waals surface area contributed by atoms with E-state index in [4.69, 9.17) is 17.0 Å². The standard InChI is InChI=1S/C22H25N3O3S/c1-3-15-23-21(27)18-7-5-6-8-19(18)24-22(29)25-20(26)14-11-16-9-12-17(13-10-16)28-4-2/h5-14H,3-4,15H2,1-2H3,(H,23,27)(H2,24,25,26,29)/b14-11+. The Hall–Kier alpha value is -3.19. The molecule has 6 nitrogen and oxygen atoms in total. The summed E-state index contributed by atoms with van der Waals surface area (Å²) in [5.74, 6) is 0.213. The molecule has 7 heteroatoms. The van der Waals surface area contributed by atoms with Gasteiger partial charge in [-0.15, -0.1) is 0 Å². The summed E-state index contributed by atoms with van der Waals surface area (Å²) in [6.07, 6.45) is 3.92. The molecule has 29 heavy (non-hydrogen) atoms. The third-order valence-corrected chi connectivity index (χ3v) is 4.01. The number of nitrogens with one attached hydrogen (secondary N) is 3. The largest absolute Gasteiger partial charge is 0.494 e. The van der Waals surface area contributed by atoms with Gasteiger partial charge in [-0.3, -0.25) is 14.9 Å². The van der Waals surface area contributed by atoms with Crippen molar-refractivity contribution in [1.29, 1.82) is 0 Å². The highest BCUT2D eigenvalue weighted by Gasteiger charge is 2.11. The zero-order valence-corrected chi connectivity index (χ0v) is 17.3. The number of carbonyl (C=O) groups excluding carboxylic acids is 2. The Labute approximate surface area is 176 Å². The van der Waals surface area contributed by atoms with Crippen molar-refractivity contribution in [3.8, 4) is 5.75 Å². The first-order chi connectivity index (χ1) is 14.0. The lowest BCUT2D eigenvalue weighted by atomic mass is 10.1. The van der Waals surface area contributed by atoms with E-state index in [2.05, 4.69) is 16.0 Å². The number of para-hydroxylation sites is 1. The van der Waals surface area contributed by atoms with Gasteiger partial charge in [0.25, 0.3) is 5.91 Å². The number of benzene rings is 2. The van der Waals surface area contributed by atoms with E-state index in [-0.39, 0.29) is 16.9 Å². The Kier molecular flexibility index (Phi) is 8.85. The molecule has 2 amide bonds. The topological polar surface area (TPSA) is 79.5 Å². The lowest BCUT2D eigenvalue weighted by molar-refractivity contribution is -0.115. The molecule has 0 aliphatic carbocycles. The Morgan fingerprint density at radius 1 is 1.07 bits per heavy atom. The van der Waals surface area contributed by atoms with E-state index in [9.17, 15) is 9.59 Å². The van der Waals surface area contributed by atoms with Crippen molar-refractivity contribution in [2.24, 2.45) is 0 Å². The first-order valence-corrected chi connectivity index (χ1v) is 9.84. The van der Waals surface area contributed by atoms with E-state index >= 15 is 0 Å². The number of rotatable bonds is 8. The summed E-state index contributed by atoms with van der Waals surface area (Å²) in [6, 6.07) is 14.4. The lowest BCUT2D eigenvalue weighted by Crippen LogP contribution is -2.34. The molecule has 0 spiro atoms. The average molecular weight is 412 g/mol. The third kappa shape index (κ3) is 7.38. The van der Waals surface area contributed by atoms with Gasteiger partial charge in [0.05, 0.1) is 17.9 Å². The van der Waals surface area contributed by atoms with Crippen LogP contribution >= 0.6 is 12.2 Å². The van der Waals surface area contributed by atoms with Gasteiger partial charge in [0.2, 0.25) is 5.91 Å². The van der Waals surface area contributed by atoms with Crippen molar-refractivity contribution in [1.82, 2.24) is 10.6 Å². The molecule has 0 heterocycles. The molecule has 0 bridgehead atoms. The van der Waals surface area contributed by atoms with Gasteiger partial charge in [-0.2, -0.15) is 0 Å². The lowest BCUT2D eigenvalue weighted by Gasteiger charge is -2.12. The molecule has 0 atom stereocenters. The van der Waals surface area contributed by atoms with E-state index in [1.165, 1.54) is 6.08 Å². The number of ether oxygens (including phenoxy) is 1. The Balaban J connectivity index is 1.93. The molecule has 0 aliphatic heterocycles. The minimum Gasteiger partial charge on any atom is -0.494 e. The van der Waals surface area contributed by atoms with Gasteiger partial charge in [-0.05, 0) is 61.5 Å². The molecule has 0 saturated carbocycles. The van der Waals surface area contributed by atoms with Crippen LogP contribution in [0.3, 0.4) is 0 Å². The maximum absolute atomic E-state index is 12.3. The van der Waals surface area contributed by atoms with Gasteiger partial charge in [0.1, 0.15) is 5.75 Å². The van der Waals surface area contributed by atoms with Gasteiger partial charge in [-0.25, -0.2) is 0 Å². The van der Waals surface area contributed by atoms with Crippen LogP contribution < -0.4 is 20.7 Å². The molecular formula is C22H25N3O3S. The molecule has 3 N–H and O–H groups in total. The molecule has 0 radical (unpaired) electrons. The normalized spacial score (nSPS) is 10.4. The van der Waals surface area contributed by atoms with E-state index in [0.29, 0.717) is 24.4 Å². The quantitative estimate of drug-likeness (QED) is 0.455. The number of thiocarbonyl (C=S) groups is 1. The van der Waals surface area contributed by atoms with Gasteiger partial charge < -0.3 is 15.4 Å². The van der Waals surface area contributed by atoms with Crippen LogP contribution in [-0.4, -0.2) is 30.1 Å². The predicted octanol–water partition coefficient (Wildman–Crippen LogP) is 3.75. The van der Waals surface area contributed by atoms with Crippen molar-refractivity contribution < 1.29 is 14.3 Å². The number of anilines is 1. The molecule has 0 unspecified atom stereocenters. The van der Waals surface area contributed by atoms with E-state index in [1.54, 1.807) is 30.3 Å². The smallest absolute Gasteiger partial charge is 0.253 e. The van der Waals surface area contributed by atoms with E-state index < -0.39 is 0 Å². The Morgan fingerprint density at radius 3 is 2.48 bits per heavy atom. The van der Waals surface area contributed by atoms with Gasteiger partial charge in [0, 0.05) is 12.6 Å². The van der Waals surface area contributed by atoms with Crippen LogP contribution in [-0.2, 0) is 4.79 Å². The zero-order valence-electron chi connectivity index (χ0n) is 16.5. The van der Waals surface area contributed by atoms with Crippen LogP contribution in [0.5, 0.6) is 5.75 Å². The van der Waals surface area contributed by atoms with Crippen LogP contribution in [0.25, 0.3) is 6.08 Å². The summed E-state index contributed by atoms with van der Waals surface area (Å²) >= 11 is 5.20. The fourth-order valence-corrected chi connectivity index (χ4v) is 2.66. The summed E-state index contributed by atoms with van der Waals surface area (Å²) < 4.78 is 5.39. The van der Waals surface area contributed by atoms with E-state index in [0.717, 1.165) is 17.7 Å². The first kappa shape index (κ1) is 22.1. The van der Waals surface area contributed by atoms with Gasteiger partial charge in [-0.1, -0.05) is 31.2 Å². The highest BCUT2D eigenvalue weighted by atomic mass is 32.1. The first-order valence-electron chi connectivity index (χ1n) is 9.43. The van der Waals surface area contributed by atoms with Crippen molar-refractivity contribution in [2.45, 2.75) is 20.3 Å². The number of carbonyl (C=O) groups is 2. The Morgan fingerprint density at radius 2 is 1.79 bits per heavy atom. The molecule has 2 aromatic carbocycles. The van der Waals surface area contributed by atoms with Gasteiger partial charge in [0.15, 0.2) is 5.11 Å². The molecule has 152 valence electrons. The minimum absolute atomic E-state index is 0.113. The molecule has 2 aromatic rings. The molecule has 0 saturated heterocycles. The van der Waals surface area contributed by atoms with E-state index in [1.807, 2.05) is 38.1 Å². The molecule has 0 aromatic heterocycles. The Bertz CT molecular complexity index is 879. The monoisotopic (exact) mass is 411 g/mol. The highest BCUT2D eigenvalue weighted by molar-refractivity contribution is 7.80. The number of hydrogen-bond acceptors (Lipinski definition) is 4. The second-order valence-electron chi connectivity index (χ2n) is 6.08. The summed E-state index contributed by atoms with van der Waals surface area (Å²) in [4.78, 5) is 24.4. The summed E-state index contributed by atoms with van der Waals surface area (Å²) in [6.45, 7) is 5.09. The molecule has 2 rings (SSSR count). The molecule has 0 aliphatic rings. The molecular weight excluding hydrogens is 386 g/mol. The summed E-state index contributed by atoms with van der Waals surface area (Å²) in [5, 5.41) is 8.42. The SMILES string of the molecule is CCCNC(=O)c1ccccc1NC(=S)NC(=O)/C=C/c1ccc(OCC)cc1. The van der Waals surface area contributed by atoms with Crippen LogP contribution in [0.15, 0.2) is 54.6 Å². The second-order valence-corrected chi connectivity index (χ2v) is 6.49. The maximum Gasteiger partial charge on any atom is 0.253 e. The summed E-state index contributed by atoms with van der Waals surface area (Å²) in [7, 11) is 0. The maximum atomic E-state index is 12.3. The minimum atomic E-state index is -0.371. The fraction of sp³-hybridized carbons (Fsp3) is 0.227. The van der Waals surface area contributed by atoms with Crippen LogP contribution in [0.2, 0.25) is 0 Å². The van der Waals surface area contributed by atoms with Crippen molar-refractivity contribution >= 4 is 40.9 Å². The zero-order chi connectivity index (χ0) is 21.1. The van der Waals surface area contributed by atoms with Crippen LogP contribution in [0.4, 0.5) is 5.69 Å². The van der Waals surface area contributed by atoms with Crippen molar-refractivity contribution in [3.63, 3.8) is 0 Å². The van der Waals surface area contributed by atoms with Gasteiger partial charge >= 0.3 is 0 Å². The second kappa shape index (κ2) is 11.6. The number of hydrogen-bond donors (Lipinski definition) is 3. The van der Waals surface area contributed by atoms with Crippen LogP contribution in [0, 0.1) is 0 Å². The number of amides is 2. The summed E-state index contributed by atoms with van der Waals surface area (Å²) in [5.41, 5.74) is 1.85. The van der Waals surface area contributed by atoms with Crippen molar-refractivity contribution in [3.05, 3.63) is 65.7 Å².